The summed E-state index contributed by atoms with van der Waals surface area (Å²) in [4.78, 5) is 21.6. The maximum Gasteiger partial charge on any atom is 0.272 e. The number of hydrogen-bond donors (Lipinski definition) is 0. The summed E-state index contributed by atoms with van der Waals surface area (Å²) in [5.41, 5.74) is 1.60. The van der Waals surface area contributed by atoms with Crippen molar-refractivity contribution < 1.29 is 4.52 Å². The molecule has 0 unspecified atom stereocenters. The van der Waals surface area contributed by atoms with Crippen LogP contribution in [0.25, 0.3) is 21.6 Å². The zero-order valence-electron chi connectivity index (χ0n) is 13.7. The predicted molar refractivity (Wildman–Crippen MR) is 107 cm³/mol. The minimum atomic E-state index is -0.00430. The number of thioether (sulfide) groups is 1. The Morgan fingerprint density at radius 2 is 2.19 bits per heavy atom. The fourth-order valence-electron chi connectivity index (χ4n) is 2.50. The standard InChI is InChI=1S/C17H13BrN4O2S2/c1-2-22-16(23)14-12(6-7-25-14)19-17(22)26-9-13-20-15(21-24-13)10-4-3-5-11(18)8-10/h3-8H,2,9H2,1H3. The van der Waals surface area contributed by atoms with Crippen LogP contribution in [0.1, 0.15) is 12.8 Å². The van der Waals surface area contributed by atoms with Crippen LogP contribution >= 0.6 is 39.0 Å². The van der Waals surface area contributed by atoms with E-state index in [1.807, 2.05) is 42.6 Å². The van der Waals surface area contributed by atoms with Crippen molar-refractivity contribution in [1.29, 1.82) is 0 Å². The average molecular weight is 449 g/mol. The molecule has 0 atom stereocenters. The highest BCUT2D eigenvalue weighted by Crippen LogP contribution is 2.25. The number of benzene rings is 1. The zero-order valence-corrected chi connectivity index (χ0v) is 16.9. The molecule has 0 amide bonds. The molecule has 1 aromatic carbocycles. The molecule has 0 bridgehead atoms. The van der Waals surface area contributed by atoms with Crippen LogP contribution in [0.2, 0.25) is 0 Å². The molecule has 0 spiro atoms. The number of fused-ring (bicyclic) bond motifs is 1. The molecule has 3 heterocycles. The van der Waals surface area contributed by atoms with Crippen LogP contribution in [-0.2, 0) is 12.3 Å². The van der Waals surface area contributed by atoms with Gasteiger partial charge in [0.05, 0.1) is 11.3 Å². The molecule has 4 aromatic rings. The molecule has 4 rings (SSSR count). The monoisotopic (exact) mass is 448 g/mol. The summed E-state index contributed by atoms with van der Waals surface area (Å²) in [7, 11) is 0. The van der Waals surface area contributed by atoms with Crippen molar-refractivity contribution in [3.8, 4) is 11.4 Å². The minimum Gasteiger partial charge on any atom is -0.338 e. The Morgan fingerprint density at radius 3 is 3.00 bits per heavy atom. The van der Waals surface area contributed by atoms with Crippen molar-refractivity contribution in [1.82, 2.24) is 19.7 Å². The van der Waals surface area contributed by atoms with Crippen LogP contribution in [0.3, 0.4) is 0 Å². The number of nitrogens with zero attached hydrogens (tertiary/aromatic N) is 4. The van der Waals surface area contributed by atoms with Crippen molar-refractivity contribution in [2.75, 3.05) is 0 Å². The first-order chi connectivity index (χ1) is 12.7. The highest BCUT2D eigenvalue weighted by molar-refractivity contribution is 9.10. The Morgan fingerprint density at radius 1 is 1.31 bits per heavy atom. The lowest BCUT2D eigenvalue weighted by molar-refractivity contribution is 0.391. The summed E-state index contributed by atoms with van der Waals surface area (Å²) in [5.74, 6) is 1.48. The summed E-state index contributed by atoms with van der Waals surface area (Å²) in [6, 6.07) is 9.58. The summed E-state index contributed by atoms with van der Waals surface area (Å²) in [6.07, 6.45) is 0. The van der Waals surface area contributed by atoms with E-state index in [4.69, 9.17) is 4.52 Å². The van der Waals surface area contributed by atoms with Crippen LogP contribution in [0.4, 0.5) is 0 Å². The number of rotatable bonds is 5. The second kappa shape index (κ2) is 7.34. The predicted octanol–water partition coefficient (Wildman–Crippen LogP) is 4.58. The Kier molecular flexibility index (Phi) is 4.92. The van der Waals surface area contributed by atoms with E-state index in [0.29, 0.717) is 33.9 Å². The fraction of sp³-hybridized carbons (Fsp3) is 0.176. The third-order valence-electron chi connectivity index (χ3n) is 3.72. The van der Waals surface area contributed by atoms with Crippen molar-refractivity contribution in [2.45, 2.75) is 24.4 Å². The molecule has 26 heavy (non-hydrogen) atoms. The highest BCUT2D eigenvalue weighted by atomic mass is 79.9. The molecule has 132 valence electrons. The normalized spacial score (nSPS) is 11.3. The molecule has 9 heteroatoms. The maximum atomic E-state index is 12.5. The topological polar surface area (TPSA) is 73.8 Å². The quantitative estimate of drug-likeness (QED) is 0.328. The second-order valence-electron chi connectivity index (χ2n) is 5.39. The van der Waals surface area contributed by atoms with Crippen LogP contribution in [-0.4, -0.2) is 19.7 Å². The minimum absolute atomic E-state index is 0.00430. The van der Waals surface area contributed by atoms with Crippen LogP contribution in [0.5, 0.6) is 0 Å². The van der Waals surface area contributed by atoms with Crippen molar-refractivity contribution in [3.63, 3.8) is 0 Å². The maximum absolute atomic E-state index is 12.5. The molecule has 0 aliphatic rings. The summed E-state index contributed by atoms with van der Waals surface area (Å²) < 4.78 is 8.66. The molecular weight excluding hydrogens is 436 g/mol. The van der Waals surface area contributed by atoms with Gasteiger partial charge in [0.15, 0.2) is 5.16 Å². The molecular formula is C17H13BrN4O2S2. The second-order valence-corrected chi connectivity index (χ2v) is 8.16. The van der Waals surface area contributed by atoms with Gasteiger partial charge >= 0.3 is 0 Å². The van der Waals surface area contributed by atoms with E-state index in [1.54, 1.807) is 4.57 Å². The van der Waals surface area contributed by atoms with Crippen LogP contribution < -0.4 is 5.56 Å². The van der Waals surface area contributed by atoms with Gasteiger partial charge in [-0.2, -0.15) is 4.98 Å². The highest BCUT2D eigenvalue weighted by Gasteiger charge is 2.14. The van der Waals surface area contributed by atoms with Gasteiger partial charge in [-0.15, -0.1) is 11.3 Å². The Balaban J connectivity index is 1.58. The van der Waals surface area contributed by atoms with Gasteiger partial charge in [-0.25, -0.2) is 4.98 Å². The molecule has 0 aliphatic carbocycles. The van der Waals surface area contributed by atoms with E-state index < -0.39 is 0 Å². The molecule has 0 radical (unpaired) electrons. The SMILES string of the molecule is CCn1c(SCc2nc(-c3cccc(Br)c3)no2)nc2ccsc2c1=O. The van der Waals surface area contributed by atoms with Crippen LogP contribution in [0, 0.1) is 0 Å². The largest absolute Gasteiger partial charge is 0.338 e. The Labute approximate surface area is 165 Å². The lowest BCUT2D eigenvalue weighted by Gasteiger charge is -2.08. The smallest absolute Gasteiger partial charge is 0.272 e. The molecule has 0 aliphatic heterocycles. The molecule has 6 nitrogen and oxygen atoms in total. The molecule has 0 saturated carbocycles. The van der Waals surface area contributed by atoms with Gasteiger partial charge in [-0.1, -0.05) is 45.0 Å². The number of hydrogen-bond acceptors (Lipinski definition) is 7. The van der Waals surface area contributed by atoms with Crippen molar-refractivity contribution >= 4 is 49.2 Å². The van der Waals surface area contributed by atoms with E-state index in [-0.39, 0.29) is 5.56 Å². The summed E-state index contributed by atoms with van der Waals surface area (Å²) >= 11 is 6.28. The number of aromatic nitrogens is 4. The number of halogens is 1. The van der Waals surface area contributed by atoms with Gasteiger partial charge in [0.1, 0.15) is 4.70 Å². The van der Waals surface area contributed by atoms with E-state index in [1.165, 1.54) is 23.1 Å². The third kappa shape index (κ3) is 3.34. The van der Waals surface area contributed by atoms with Crippen molar-refractivity contribution in [3.05, 3.63) is 56.4 Å². The van der Waals surface area contributed by atoms with E-state index in [9.17, 15) is 4.79 Å². The molecule has 0 saturated heterocycles. The van der Waals surface area contributed by atoms with Gasteiger partial charge in [-0.3, -0.25) is 9.36 Å². The summed E-state index contributed by atoms with van der Waals surface area (Å²) in [5, 5.41) is 6.58. The van der Waals surface area contributed by atoms with Gasteiger partial charge in [0.2, 0.25) is 11.7 Å². The lowest BCUT2D eigenvalue weighted by Crippen LogP contribution is -2.21. The van der Waals surface area contributed by atoms with Gasteiger partial charge in [0, 0.05) is 16.6 Å². The first kappa shape index (κ1) is 17.4. The molecule has 0 fully saturated rings. The number of thiophene rings is 1. The van der Waals surface area contributed by atoms with Gasteiger partial charge in [-0.05, 0) is 30.5 Å². The summed E-state index contributed by atoms with van der Waals surface area (Å²) in [6.45, 7) is 2.50. The molecule has 0 N–H and O–H groups in total. The van der Waals surface area contributed by atoms with E-state index in [0.717, 1.165) is 15.6 Å². The van der Waals surface area contributed by atoms with Gasteiger partial charge < -0.3 is 4.52 Å². The first-order valence-electron chi connectivity index (χ1n) is 7.85. The van der Waals surface area contributed by atoms with Crippen molar-refractivity contribution in [2.24, 2.45) is 0 Å². The lowest BCUT2D eigenvalue weighted by atomic mass is 10.2. The zero-order chi connectivity index (χ0) is 18.1. The third-order valence-corrected chi connectivity index (χ3v) is 6.07. The average Bonchev–Trinajstić information content (AvgIpc) is 3.29. The van der Waals surface area contributed by atoms with E-state index in [2.05, 4.69) is 31.1 Å². The Bertz CT molecular complexity index is 1140. The fourth-order valence-corrected chi connectivity index (χ4v) is 4.58. The first-order valence-corrected chi connectivity index (χ1v) is 10.5. The van der Waals surface area contributed by atoms with Gasteiger partial charge in [0.25, 0.3) is 5.56 Å². The van der Waals surface area contributed by atoms with Crippen LogP contribution in [0.15, 0.2) is 54.7 Å². The molecule has 3 aromatic heterocycles. The Hall–Kier alpha value is -1.97. The van der Waals surface area contributed by atoms with E-state index >= 15 is 0 Å².